The van der Waals surface area contributed by atoms with Crippen molar-refractivity contribution in [2.45, 2.75) is 30.8 Å². The zero-order valence-electron chi connectivity index (χ0n) is 9.41. The van der Waals surface area contributed by atoms with E-state index in [4.69, 9.17) is 14.5 Å². The van der Waals surface area contributed by atoms with Crippen molar-refractivity contribution in [1.29, 1.82) is 0 Å². The van der Waals surface area contributed by atoms with Gasteiger partial charge in [0.05, 0.1) is 18.2 Å². The summed E-state index contributed by atoms with van der Waals surface area (Å²) in [6, 6.07) is 0.380. The lowest BCUT2D eigenvalue weighted by molar-refractivity contribution is 0.0555. The number of amidine groups is 1. The summed E-state index contributed by atoms with van der Waals surface area (Å²) < 4.78 is 10.8. The van der Waals surface area contributed by atoms with Gasteiger partial charge in [-0.2, -0.15) is 0 Å². The molecule has 4 nitrogen and oxygen atoms in total. The van der Waals surface area contributed by atoms with Gasteiger partial charge < -0.3 is 14.8 Å². The van der Waals surface area contributed by atoms with E-state index in [0.717, 1.165) is 56.6 Å². The Bertz CT molecular complexity index is 284. The molecular weight excluding hydrogens is 224 g/mol. The molecule has 1 unspecified atom stereocenters. The minimum atomic E-state index is 0.265. The van der Waals surface area contributed by atoms with E-state index in [1.165, 1.54) is 0 Å². The summed E-state index contributed by atoms with van der Waals surface area (Å²) in [7, 11) is 0. The molecule has 3 aliphatic heterocycles. The number of ether oxygens (including phenoxy) is 2. The fourth-order valence-electron chi connectivity index (χ4n) is 2.40. The molecule has 3 saturated heterocycles. The van der Waals surface area contributed by atoms with Crippen LogP contribution in [0.5, 0.6) is 0 Å². The van der Waals surface area contributed by atoms with Gasteiger partial charge in [0, 0.05) is 25.6 Å². The second-order valence-electron chi connectivity index (χ2n) is 4.76. The van der Waals surface area contributed by atoms with Crippen LogP contribution in [0.15, 0.2) is 4.99 Å². The van der Waals surface area contributed by atoms with E-state index in [9.17, 15) is 0 Å². The van der Waals surface area contributed by atoms with E-state index in [0.29, 0.717) is 6.04 Å². The van der Waals surface area contributed by atoms with Crippen LogP contribution in [0, 0.1) is 0 Å². The highest BCUT2D eigenvalue weighted by atomic mass is 32.2. The lowest BCUT2D eigenvalue weighted by Gasteiger charge is -2.32. The number of hydrogen-bond acceptors (Lipinski definition) is 4. The van der Waals surface area contributed by atoms with Gasteiger partial charge >= 0.3 is 0 Å². The van der Waals surface area contributed by atoms with E-state index >= 15 is 0 Å². The number of aliphatic imine (C=N–C) groups is 1. The molecule has 1 N–H and O–H groups in total. The van der Waals surface area contributed by atoms with Crippen molar-refractivity contribution in [2.75, 3.05) is 32.2 Å². The zero-order valence-corrected chi connectivity index (χ0v) is 10.2. The number of thioether (sulfide) groups is 1. The molecule has 0 aromatic rings. The van der Waals surface area contributed by atoms with Crippen LogP contribution >= 0.6 is 11.8 Å². The average molecular weight is 242 g/mol. The van der Waals surface area contributed by atoms with Gasteiger partial charge in [0.2, 0.25) is 0 Å². The molecule has 3 rings (SSSR count). The molecule has 5 heteroatoms. The first-order valence-corrected chi connectivity index (χ1v) is 6.99. The van der Waals surface area contributed by atoms with Crippen molar-refractivity contribution < 1.29 is 9.47 Å². The summed E-state index contributed by atoms with van der Waals surface area (Å²) in [5.74, 6) is 1.14. The average Bonchev–Trinajstić information content (AvgIpc) is 2.92. The third-order valence-corrected chi connectivity index (χ3v) is 4.69. The molecule has 0 amide bonds. The fraction of sp³-hybridized carbons (Fsp3) is 0.909. The Balaban J connectivity index is 1.62. The number of rotatable bonds is 1. The summed E-state index contributed by atoms with van der Waals surface area (Å²) >= 11 is 1.86. The number of nitrogens with zero attached hydrogens (tertiary/aromatic N) is 1. The summed E-state index contributed by atoms with van der Waals surface area (Å²) in [5, 5.41) is 4.73. The van der Waals surface area contributed by atoms with Gasteiger partial charge in [0.15, 0.2) is 5.17 Å². The van der Waals surface area contributed by atoms with Crippen molar-refractivity contribution in [2.24, 2.45) is 4.99 Å². The molecular formula is C11H18N2O2S. The molecule has 0 aromatic carbocycles. The Morgan fingerprint density at radius 1 is 1.25 bits per heavy atom. The Labute approximate surface area is 100 Å². The molecule has 0 saturated carbocycles. The standard InChI is InChI=1S/C11H18N2O2S/c1-4-15-7-9(1)12-10-13-11(8-16-10)2-5-14-6-3-11/h9H,1-8H2,(H,12,13). The van der Waals surface area contributed by atoms with Crippen LogP contribution in [-0.2, 0) is 9.47 Å². The summed E-state index contributed by atoms with van der Waals surface area (Å²) in [6.45, 7) is 3.42. The lowest BCUT2D eigenvalue weighted by Crippen LogP contribution is -2.48. The lowest BCUT2D eigenvalue weighted by atomic mass is 9.93. The predicted molar refractivity (Wildman–Crippen MR) is 65.0 cm³/mol. The molecule has 3 heterocycles. The quantitative estimate of drug-likeness (QED) is 0.745. The topological polar surface area (TPSA) is 42.9 Å². The highest BCUT2D eigenvalue weighted by Gasteiger charge is 2.38. The van der Waals surface area contributed by atoms with E-state index in [2.05, 4.69) is 5.32 Å². The molecule has 3 aliphatic rings. The van der Waals surface area contributed by atoms with Crippen molar-refractivity contribution >= 4 is 16.9 Å². The normalized spacial score (nSPS) is 35.8. The summed E-state index contributed by atoms with van der Waals surface area (Å²) in [4.78, 5) is 4.73. The molecule has 1 atom stereocenters. The first kappa shape index (κ1) is 10.9. The van der Waals surface area contributed by atoms with E-state index in [1.807, 2.05) is 11.8 Å². The Kier molecular flexibility index (Phi) is 3.09. The van der Waals surface area contributed by atoms with Gasteiger partial charge in [0.1, 0.15) is 0 Å². The third-order valence-electron chi connectivity index (χ3n) is 3.51. The first-order chi connectivity index (χ1) is 7.86. The molecule has 0 aromatic heterocycles. The van der Waals surface area contributed by atoms with Crippen LogP contribution < -0.4 is 5.32 Å². The Morgan fingerprint density at radius 3 is 2.88 bits per heavy atom. The van der Waals surface area contributed by atoms with Crippen LogP contribution in [0.2, 0.25) is 0 Å². The molecule has 0 radical (unpaired) electrons. The maximum atomic E-state index is 5.42. The smallest absolute Gasteiger partial charge is 0.157 e. The molecule has 90 valence electrons. The van der Waals surface area contributed by atoms with Gasteiger partial charge in [0.25, 0.3) is 0 Å². The van der Waals surface area contributed by atoms with Crippen molar-refractivity contribution in [3.05, 3.63) is 0 Å². The van der Waals surface area contributed by atoms with Crippen molar-refractivity contribution in [3.8, 4) is 0 Å². The van der Waals surface area contributed by atoms with Crippen molar-refractivity contribution in [3.63, 3.8) is 0 Å². The minimum absolute atomic E-state index is 0.265. The molecule has 1 spiro atoms. The minimum Gasteiger partial charge on any atom is -0.381 e. The van der Waals surface area contributed by atoms with E-state index < -0.39 is 0 Å². The van der Waals surface area contributed by atoms with Gasteiger partial charge in [-0.1, -0.05) is 11.8 Å². The highest BCUT2D eigenvalue weighted by molar-refractivity contribution is 8.14. The second kappa shape index (κ2) is 4.55. The summed E-state index contributed by atoms with van der Waals surface area (Å²) in [5.41, 5.74) is 0.265. The summed E-state index contributed by atoms with van der Waals surface area (Å²) in [6.07, 6.45) is 3.29. The largest absolute Gasteiger partial charge is 0.381 e. The van der Waals surface area contributed by atoms with Crippen molar-refractivity contribution in [1.82, 2.24) is 5.32 Å². The number of nitrogens with one attached hydrogen (secondary N) is 1. The monoisotopic (exact) mass is 242 g/mol. The Hall–Kier alpha value is -0.260. The SMILES string of the molecule is C1CC2(CCO1)CSC(=NC1CCOC1)N2. The fourth-order valence-corrected chi connectivity index (χ4v) is 3.68. The first-order valence-electron chi connectivity index (χ1n) is 6.01. The van der Waals surface area contributed by atoms with Gasteiger partial charge in [-0.15, -0.1) is 0 Å². The van der Waals surface area contributed by atoms with Crippen LogP contribution in [0.1, 0.15) is 19.3 Å². The maximum Gasteiger partial charge on any atom is 0.157 e. The van der Waals surface area contributed by atoms with Crippen LogP contribution in [0.4, 0.5) is 0 Å². The van der Waals surface area contributed by atoms with Crippen LogP contribution in [0.25, 0.3) is 0 Å². The number of hydrogen-bond donors (Lipinski definition) is 1. The van der Waals surface area contributed by atoms with E-state index in [1.54, 1.807) is 0 Å². The predicted octanol–water partition coefficient (Wildman–Crippen LogP) is 1.02. The van der Waals surface area contributed by atoms with E-state index in [-0.39, 0.29) is 5.54 Å². The Morgan fingerprint density at radius 2 is 2.12 bits per heavy atom. The maximum absolute atomic E-state index is 5.42. The van der Waals surface area contributed by atoms with Crippen LogP contribution in [0.3, 0.4) is 0 Å². The van der Waals surface area contributed by atoms with Gasteiger partial charge in [-0.25, -0.2) is 0 Å². The third kappa shape index (κ3) is 2.21. The van der Waals surface area contributed by atoms with Gasteiger partial charge in [-0.05, 0) is 19.3 Å². The van der Waals surface area contributed by atoms with Crippen LogP contribution in [-0.4, -0.2) is 48.9 Å². The molecule has 3 fully saturated rings. The zero-order chi connectivity index (χ0) is 10.8. The highest BCUT2D eigenvalue weighted by Crippen LogP contribution is 2.32. The molecule has 16 heavy (non-hydrogen) atoms. The molecule has 0 bridgehead atoms. The molecule has 0 aliphatic carbocycles. The van der Waals surface area contributed by atoms with Gasteiger partial charge in [-0.3, -0.25) is 4.99 Å². The second-order valence-corrected chi connectivity index (χ2v) is 5.72.